The molecule has 3 fully saturated rings. The molecule has 3 aliphatic rings. The van der Waals surface area contributed by atoms with Crippen molar-refractivity contribution in [3.63, 3.8) is 0 Å². The van der Waals surface area contributed by atoms with Crippen LogP contribution in [0.1, 0.15) is 115 Å². The Morgan fingerprint density at radius 3 is 1.95 bits per heavy atom. The number of hydrogen-bond donors (Lipinski definition) is 0. The van der Waals surface area contributed by atoms with E-state index in [1.807, 2.05) is 67.5 Å². The van der Waals surface area contributed by atoms with E-state index in [-0.39, 0.29) is 48.5 Å². The molecule has 1 unspecified atom stereocenters. The van der Waals surface area contributed by atoms with E-state index in [1.165, 1.54) is 13.8 Å². The quantitative estimate of drug-likeness (QED) is 0.184. The third-order valence-corrected chi connectivity index (χ3v) is 12.9. The summed E-state index contributed by atoms with van der Waals surface area (Å²) in [4.78, 5) is 55.5. The fraction of sp³-hybridized carbons (Fsp3) is 0.907. The Bertz CT molecular complexity index is 1330. The van der Waals surface area contributed by atoms with Crippen LogP contribution < -0.4 is 0 Å². The van der Waals surface area contributed by atoms with Gasteiger partial charge >= 0.3 is 17.9 Å². The normalized spacial score (nSPS) is 42.9. The van der Waals surface area contributed by atoms with Gasteiger partial charge < -0.3 is 47.5 Å². The number of hydrogen-bond acceptors (Lipinski definition) is 14. The van der Waals surface area contributed by atoms with Gasteiger partial charge in [0, 0.05) is 46.3 Å². The van der Waals surface area contributed by atoms with Crippen molar-refractivity contribution in [3.8, 4) is 0 Å². The molecule has 57 heavy (non-hydrogen) atoms. The monoisotopic (exact) mass is 814 g/mol. The van der Waals surface area contributed by atoms with Crippen LogP contribution in [-0.4, -0.2) is 130 Å². The lowest BCUT2D eigenvalue weighted by Gasteiger charge is -2.47. The smallest absolute Gasteiger partial charge is 0.311 e. The van der Waals surface area contributed by atoms with E-state index in [1.54, 1.807) is 28.1 Å². The van der Waals surface area contributed by atoms with Gasteiger partial charge in [-0.25, -0.2) is 0 Å². The molecule has 0 radical (unpaired) electrons. The van der Waals surface area contributed by atoms with Crippen molar-refractivity contribution in [3.05, 3.63) is 0 Å². The molecule has 0 aromatic carbocycles. The third-order valence-electron chi connectivity index (χ3n) is 12.9. The van der Waals surface area contributed by atoms with Crippen molar-refractivity contribution in [2.45, 2.75) is 188 Å². The molecule has 3 aliphatic heterocycles. The van der Waals surface area contributed by atoms with Crippen molar-refractivity contribution in [1.82, 2.24) is 4.90 Å². The summed E-state index contributed by atoms with van der Waals surface area (Å²) in [5.41, 5.74) is -1.20. The van der Waals surface area contributed by atoms with Crippen LogP contribution in [-0.2, 0) is 61.8 Å². The van der Waals surface area contributed by atoms with Crippen LogP contribution in [0.15, 0.2) is 0 Å². The molecule has 0 saturated carbocycles. The number of methoxy groups -OCH3 is 2. The molecule has 14 heteroatoms. The van der Waals surface area contributed by atoms with E-state index in [0.717, 1.165) is 12.8 Å². The standard InChI is InChI=1S/C43H75NO13/c1-17-18-32-24(4)28(8)53-41(48)27(7)37(56-35-20-34(49-15)38(29(9)52-35)54-30(10)45)26(6)36(22(2)21-43(12,50-16)40(47)25(32)5)57-42-39(55-31(11)46)33(44(13)14)19-23(3)51-42/h22-29,32-39,42H,17-21H2,1-16H3/t22-,23+,24-,25+,26+,27+,28+,29-,32-,33?,34-,35-,36-,37-,38-,39+,42-,43-/m0/s1. The molecule has 330 valence electrons. The molecule has 14 nitrogen and oxygen atoms in total. The number of carbonyl (C=O) groups is 4. The molecule has 0 aromatic rings. The molecule has 18 atom stereocenters. The van der Waals surface area contributed by atoms with E-state index < -0.39 is 96.6 Å². The van der Waals surface area contributed by atoms with Gasteiger partial charge in [0.05, 0.1) is 36.4 Å². The number of nitrogens with zero attached hydrogens (tertiary/aromatic N) is 1. The van der Waals surface area contributed by atoms with Crippen LogP contribution in [0.5, 0.6) is 0 Å². The summed E-state index contributed by atoms with van der Waals surface area (Å²) in [5, 5.41) is 0. The van der Waals surface area contributed by atoms with Crippen LogP contribution in [0.25, 0.3) is 0 Å². The first-order valence-corrected chi connectivity index (χ1v) is 21.1. The first-order valence-electron chi connectivity index (χ1n) is 21.1. The van der Waals surface area contributed by atoms with Gasteiger partial charge in [0.25, 0.3) is 0 Å². The Balaban J connectivity index is 2.21. The predicted octanol–water partition coefficient (Wildman–Crippen LogP) is 5.74. The van der Waals surface area contributed by atoms with Crippen LogP contribution in [0.2, 0.25) is 0 Å². The second kappa shape index (κ2) is 21.4. The highest BCUT2D eigenvalue weighted by atomic mass is 16.7. The Kier molecular flexibility index (Phi) is 18.4. The molecule has 0 bridgehead atoms. The lowest BCUT2D eigenvalue weighted by molar-refractivity contribution is -0.301. The summed E-state index contributed by atoms with van der Waals surface area (Å²) < 4.78 is 56.4. The van der Waals surface area contributed by atoms with Crippen molar-refractivity contribution in [1.29, 1.82) is 0 Å². The molecule has 0 amide bonds. The third kappa shape index (κ3) is 12.2. The predicted molar refractivity (Wildman–Crippen MR) is 212 cm³/mol. The zero-order valence-electron chi connectivity index (χ0n) is 37.6. The van der Waals surface area contributed by atoms with Crippen molar-refractivity contribution in [2.75, 3.05) is 28.3 Å². The van der Waals surface area contributed by atoms with Crippen molar-refractivity contribution >= 4 is 23.7 Å². The molecule has 0 aliphatic carbocycles. The van der Waals surface area contributed by atoms with Gasteiger partial charge in [0.1, 0.15) is 17.8 Å². The average molecular weight is 814 g/mol. The minimum Gasteiger partial charge on any atom is -0.462 e. The minimum absolute atomic E-state index is 0.0316. The number of cyclic esters (lactones) is 1. The number of carbonyl (C=O) groups excluding carboxylic acids is 4. The van der Waals surface area contributed by atoms with Crippen molar-refractivity contribution < 1.29 is 61.8 Å². The van der Waals surface area contributed by atoms with E-state index in [2.05, 4.69) is 6.92 Å². The fourth-order valence-electron chi connectivity index (χ4n) is 9.50. The number of Topliss-reactive ketones (excluding diaryl/α,β-unsaturated/α-hetero) is 1. The minimum atomic E-state index is -1.20. The molecule has 0 spiro atoms. The van der Waals surface area contributed by atoms with Crippen LogP contribution in [0.4, 0.5) is 0 Å². The molecule has 0 N–H and O–H groups in total. The van der Waals surface area contributed by atoms with E-state index >= 15 is 0 Å². The fourth-order valence-corrected chi connectivity index (χ4v) is 9.50. The summed E-state index contributed by atoms with van der Waals surface area (Å²) in [6.07, 6.45) is -4.05. The maximum Gasteiger partial charge on any atom is 0.311 e. The van der Waals surface area contributed by atoms with E-state index in [9.17, 15) is 19.2 Å². The van der Waals surface area contributed by atoms with E-state index in [0.29, 0.717) is 6.42 Å². The highest BCUT2D eigenvalue weighted by Gasteiger charge is 2.50. The van der Waals surface area contributed by atoms with Crippen LogP contribution in [0, 0.1) is 35.5 Å². The van der Waals surface area contributed by atoms with Gasteiger partial charge in [0.2, 0.25) is 0 Å². The van der Waals surface area contributed by atoms with Crippen LogP contribution >= 0.6 is 0 Å². The van der Waals surface area contributed by atoms with Gasteiger partial charge in [-0.15, -0.1) is 0 Å². The topological polar surface area (TPSA) is 155 Å². The number of likely N-dealkylation sites (N-methyl/N-ethyl adjacent to an activating group) is 1. The summed E-state index contributed by atoms with van der Waals surface area (Å²) in [5.74, 6) is -3.78. The SMILES string of the molecule is CCC[C@H]1[C@@H](C)[C@@H](C)OC(=O)[C@H](C)[C@@H](O[C@H]2C[C@H](OC)[C@@H](OC(C)=O)[C@H](C)O2)[C@H](C)[C@@H](O[C@@H]2O[C@H](C)CC(N(C)C)[C@H]2OC(C)=O)[C@@H](C)C[C@](C)(OC)C(=O)[C@@H]1C. The lowest BCUT2D eigenvalue weighted by atomic mass is 9.70. The first-order chi connectivity index (χ1) is 26.6. The Hall–Kier alpha value is -2.20. The number of esters is 3. The zero-order valence-corrected chi connectivity index (χ0v) is 37.6. The first kappa shape index (κ1) is 49.2. The average Bonchev–Trinajstić information content (AvgIpc) is 3.14. The van der Waals surface area contributed by atoms with Crippen molar-refractivity contribution in [2.24, 2.45) is 35.5 Å². The van der Waals surface area contributed by atoms with Gasteiger partial charge in [-0.3, -0.25) is 19.2 Å². The maximum atomic E-state index is 14.6. The largest absolute Gasteiger partial charge is 0.462 e. The van der Waals surface area contributed by atoms with Gasteiger partial charge in [-0.1, -0.05) is 41.0 Å². The summed E-state index contributed by atoms with van der Waals surface area (Å²) >= 11 is 0. The molecular weight excluding hydrogens is 738 g/mol. The summed E-state index contributed by atoms with van der Waals surface area (Å²) in [7, 11) is 6.96. The summed E-state index contributed by atoms with van der Waals surface area (Å²) in [6.45, 7) is 22.0. The highest BCUT2D eigenvalue weighted by molar-refractivity contribution is 5.89. The number of ketones is 1. The van der Waals surface area contributed by atoms with Gasteiger partial charge in [-0.05, 0) is 85.7 Å². The second-order valence-corrected chi connectivity index (χ2v) is 17.6. The van der Waals surface area contributed by atoms with E-state index in [4.69, 9.17) is 42.6 Å². The molecular formula is C43H75NO13. The summed E-state index contributed by atoms with van der Waals surface area (Å²) in [6, 6.07) is -0.216. The molecule has 3 heterocycles. The Labute approximate surface area is 341 Å². The molecule has 3 saturated heterocycles. The van der Waals surface area contributed by atoms with Gasteiger partial charge in [-0.2, -0.15) is 0 Å². The van der Waals surface area contributed by atoms with Gasteiger partial charge in [0.15, 0.2) is 30.6 Å². The zero-order chi connectivity index (χ0) is 43.1. The highest BCUT2D eigenvalue weighted by Crippen LogP contribution is 2.41. The maximum absolute atomic E-state index is 14.6. The Morgan fingerprint density at radius 1 is 0.789 bits per heavy atom. The number of ether oxygens (including phenoxy) is 9. The molecule has 3 rings (SSSR count). The number of rotatable bonds is 11. The second-order valence-electron chi connectivity index (χ2n) is 17.6. The Morgan fingerprint density at radius 2 is 1.40 bits per heavy atom. The lowest BCUT2D eigenvalue weighted by Crippen LogP contribution is -2.58. The molecule has 0 aromatic heterocycles. The van der Waals surface area contributed by atoms with Crippen LogP contribution in [0.3, 0.4) is 0 Å².